The van der Waals surface area contributed by atoms with Gasteiger partial charge in [0.1, 0.15) is 0 Å². The van der Waals surface area contributed by atoms with Crippen LogP contribution < -0.4 is 4.72 Å². The average Bonchev–Trinajstić information content (AvgIpc) is 2.28. The van der Waals surface area contributed by atoms with Gasteiger partial charge in [0.25, 0.3) is 5.69 Å². The third kappa shape index (κ3) is 3.25. The van der Waals surface area contributed by atoms with Gasteiger partial charge in [-0.3, -0.25) is 10.1 Å². The first kappa shape index (κ1) is 14.6. The number of aliphatic hydroxyl groups is 1. The molecule has 1 aromatic rings. The predicted octanol–water partition coefficient (Wildman–Crippen LogP) is 0.562. The first-order valence-corrected chi connectivity index (χ1v) is 6.64. The Morgan fingerprint density at radius 1 is 1.50 bits per heavy atom. The zero-order valence-electron chi connectivity index (χ0n) is 9.95. The summed E-state index contributed by atoms with van der Waals surface area (Å²) in [6, 6.07) is 2.95. The molecule has 100 valence electrons. The smallest absolute Gasteiger partial charge is 0.270 e. The second-order valence-corrected chi connectivity index (χ2v) is 5.59. The molecule has 0 bridgehead atoms. The molecule has 1 rings (SSSR count). The quantitative estimate of drug-likeness (QED) is 0.602. The molecule has 7 nitrogen and oxygen atoms in total. The van der Waals surface area contributed by atoms with E-state index in [1.165, 1.54) is 19.1 Å². The Morgan fingerprint density at radius 3 is 2.61 bits per heavy atom. The summed E-state index contributed by atoms with van der Waals surface area (Å²) in [4.78, 5) is 9.81. The lowest BCUT2D eigenvalue weighted by molar-refractivity contribution is -0.385. The number of nitrogens with one attached hydrogen (secondary N) is 1. The van der Waals surface area contributed by atoms with Crippen LogP contribution in [-0.2, 0) is 10.0 Å². The SMILES string of the molecule is Cc1ccc([N+](=O)[O-])cc1S(=O)(=O)NC(C)CO. The van der Waals surface area contributed by atoms with Gasteiger partial charge in [-0.1, -0.05) is 6.07 Å². The molecule has 8 heteroatoms. The lowest BCUT2D eigenvalue weighted by Crippen LogP contribution is -2.35. The Balaban J connectivity index is 3.23. The first-order valence-electron chi connectivity index (χ1n) is 5.16. The van der Waals surface area contributed by atoms with Gasteiger partial charge >= 0.3 is 0 Å². The predicted molar refractivity (Wildman–Crippen MR) is 64.7 cm³/mol. The highest BCUT2D eigenvalue weighted by Crippen LogP contribution is 2.21. The molecule has 1 atom stereocenters. The number of non-ortho nitro benzene ring substituents is 1. The van der Waals surface area contributed by atoms with Gasteiger partial charge in [0.2, 0.25) is 10.0 Å². The number of hydrogen-bond acceptors (Lipinski definition) is 5. The molecule has 0 amide bonds. The lowest BCUT2D eigenvalue weighted by Gasteiger charge is -2.12. The highest BCUT2D eigenvalue weighted by Gasteiger charge is 2.21. The molecule has 1 unspecified atom stereocenters. The number of nitro groups is 1. The summed E-state index contributed by atoms with van der Waals surface area (Å²) in [5, 5.41) is 19.4. The molecule has 2 N–H and O–H groups in total. The van der Waals surface area contributed by atoms with E-state index in [0.29, 0.717) is 5.56 Å². The van der Waals surface area contributed by atoms with Crippen LogP contribution in [0.15, 0.2) is 23.1 Å². The molecular formula is C10H14N2O5S. The summed E-state index contributed by atoms with van der Waals surface area (Å²) in [5.74, 6) is 0. The monoisotopic (exact) mass is 274 g/mol. The maximum atomic E-state index is 12.0. The van der Waals surface area contributed by atoms with E-state index < -0.39 is 21.0 Å². The van der Waals surface area contributed by atoms with Crippen molar-refractivity contribution in [2.75, 3.05) is 6.61 Å². The van der Waals surface area contributed by atoms with E-state index in [0.717, 1.165) is 6.07 Å². The number of hydrogen-bond donors (Lipinski definition) is 2. The van der Waals surface area contributed by atoms with E-state index in [4.69, 9.17) is 5.11 Å². The van der Waals surface area contributed by atoms with Crippen LogP contribution in [0.4, 0.5) is 5.69 Å². The summed E-state index contributed by atoms with van der Waals surface area (Å²) < 4.78 is 26.1. The molecule has 0 saturated carbocycles. The largest absolute Gasteiger partial charge is 0.395 e. The van der Waals surface area contributed by atoms with E-state index >= 15 is 0 Å². The molecule has 0 aliphatic rings. The lowest BCUT2D eigenvalue weighted by atomic mass is 10.2. The van der Waals surface area contributed by atoms with Crippen LogP contribution in [0.5, 0.6) is 0 Å². The Bertz CT molecular complexity index is 555. The Labute approximate surface area is 105 Å². The van der Waals surface area contributed by atoms with E-state index in [-0.39, 0.29) is 17.2 Å². The van der Waals surface area contributed by atoms with Gasteiger partial charge in [-0.2, -0.15) is 0 Å². The zero-order chi connectivity index (χ0) is 13.9. The van der Waals surface area contributed by atoms with Gasteiger partial charge in [0.15, 0.2) is 0 Å². The van der Waals surface area contributed by atoms with E-state index in [1.54, 1.807) is 6.92 Å². The van der Waals surface area contributed by atoms with Crippen molar-refractivity contribution in [3.05, 3.63) is 33.9 Å². The van der Waals surface area contributed by atoms with Crippen LogP contribution in [-0.4, -0.2) is 31.1 Å². The number of benzene rings is 1. The fraction of sp³-hybridized carbons (Fsp3) is 0.400. The summed E-state index contributed by atoms with van der Waals surface area (Å²) in [6.45, 7) is 2.68. The summed E-state index contributed by atoms with van der Waals surface area (Å²) in [6.07, 6.45) is 0. The van der Waals surface area contributed by atoms with Gasteiger partial charge in [-0.25, -0.2) is 13.1 Å². The minimum Gasteiger partial charge on any atom is -0.395 e. The van der Waals surface area contributed by atoms with Crippen molar-refractivity contribution in [3.63, 3.8) is 0 Å². The third-order valence-electron chi connectivity index (χ3n) is 2.30. The summed E-state index contributed by atoms with van der Waals surface area (Å²) >= 11 is 0. The fourth-order valence-corrected chi connectivity index (χ4v) is 2.86. The standard InChI is InChI=1S/C10H14N2O5S/c1-7-3-4-9(12(14)15)5-10(7)18(16,17)11-8(2)6-13/h3-5,8,11,13H,6H2,1-2H3. The van der Waals surface area contributed by atoms with E-state index in [2.05, 4.69) is 4.72 Å². The second kappa shape index (κ2) is 5.42. The van der Waals surface area contributed by atoms with Crippen LogP contribution in [0.25, 0.3) is 0 Å². The molecule has 0 radical (unpaired) electrons. The Morgan fingerprint density at radius 2 is 2.11 bits per heavy atom. The summed E-state index contributed by atoms with van der Waals surface area (Å²) in [5.41, 5.74) is 0.107. The minimum atomic E-state index is -3.87. The van der Waals surface area contributed by atoms with Crippen molar-refractivity contribution >= 4 is 15.7 Å². The van der Waals surface area contributed by atoms with Crippen molar-refractivity contribution in [3.8, 4) is 0 Å². The van der Waals surface area contributed by atoms with Crippen LogP contribution in [0.1, 0.15) is 12.5 Å². The molecule has 0 spiro atoms. The Hall–Kier alpha value is -1.51. The van der Waals surface area contributed by atoms with Gasteiger partial charge in [-0.05, 0) is 19.4 Å². The molecule has 1 aromatic carbocycles. The van der Waals surface area contributed by atoms with Crippen molar-refractivity contribution < 1.29 is 18.4 Å². The van der Waals surface area contributed by atoms with E-state index in [9.17, 15) is 18.5 Å². The number of sulfonamides is 1. The summed E-state index contributed by atoms with van der Waals surface area (Å²) in [7, 11) is -3.87. The molecule has 0 aliphatic carbocycles. The molecule has 0 aromatic heterocycles. The fourth-order valence-electron chi connectivity index (χ4n) is 1.36. The maximum absolute atomic E-state index is 12.0. The molecule has 0 aliphatic heterocycles. The normalized spacial score (nSPS) is 13.3. The number of aliphatic hydroxyl groups excluding tert-OH is 1. The average molecular weight is 274 g/mol. The van der Waals surface area contributed by atoms with Gasteiger partial charge in [-0.15, -0.1) is 0 Å². The highest BCUT2D eigenvalue weighted by atomic mass is 32.2. The van der Waals surface area contributed by atoms with Gasteiger partial charge in [0, 0.05) is 18.2 Å². The van der Waals surface area contributed by atoms with Crippen LogP contribution in [0.2, 0.25) is 0 Å². The van der Waals surface area contributed by atoms with Crippen LogP contribution in [0, 0.1) is 17.0 Å². The van der Waals surface area contributed by atoms with Crippen molar-refractivity contribution in [1.29, 1.82) is 0 Å². The third-order valence-corrected chi connectivity index (χ3v) is 4.03. The minimum absolute atomic E-state index is 0.156. The van der Waals surface area contributed by atoms with Crippen molar-refractivity contribution in [1.82, 2.24) is 4.72 Å². The number of nitro benzene ring substituents is 1. The number of aryl methyl sites for hydroxylation is 1. The van der Waals surface area contributed by atoms with Crippen LogP contribution in [0.3, 0.4) is 0 Å². The zero-order valence-corrected chi connectivity index (χ0v) is 10.8. The van der Waals surface area contributed by atoms with Crippen LogP contribution >= 0.6 is 0 Å². The Kier molecular flexibility index (Phi) is 4.38. The van der Waals surface area contributed by atoms with E-state index in [1.807, 2.05) is 0 Å². The number of rotatable bonds is 5. The number of nitrogens with zero attached hydrogens (tertiary/aromatic N) is 1. The molecule has 0 saturated heterocycles. The maximum Gasteiger partial charge on any atom is 0.270 e. The van der Waals surface area contributed by atoms with Crippen molar-refractivity contribution in [2.24, 2.45) is 0 Å². The molecular weight excluding hydrogens is 260 g/mol. The highest BCUT2D eigenvalue weighted by molar-refractivity contribution is 7.89. The second-order valence-electron chi connectivity index (χ2n) is 3.91. The topological polar surface area (TPSA) is 110 Å². The molecule has 18 heavy (non-hydrogen) atoms. The van der Waals surface area contributed by atoms with Crippen molar-refractivity contribution in [2.45, 2.75) is 24.8 Å². The first-order chi connectivity index (χ1) is 8.27. The van der Waals surface area contributed by atoms with Gasteiger partial charge < -0.3 is 5.11 Å². The molecule has 0 heterocycles. The van der Waals surface area contributed by atoms with Gasteiger partial charge in [0.05, 0.1) is 16.4 Å². The molecule has 0 fully saturated rings.